The zero-order valence-electron chi connectivity index (χ0n) is 11.5. The molecule has 2 N–H and O–H groups in total. The lowest BCUT2D eigenvalue weighted by Gasteiger charge is -2.36. The van der Waals surface area contributed by atoms with Crippen LogP contribution in [0.3, 0.4) is 0 Å². The predicted octanol–water partition coefficient (Wildman–Crippen LogP) is 1.57. The maximum absolute atomic E-state index is 5.61. The van der Waals surface area contributed by atoms with E-state index in [4.69, 9.17) is 22.7 Å². The van der Waals surface area contributed by atoms with Crippen LogP contribution in [0.4, 0.5) is 0 Å². The lowest BCUT2D eigenvalue weighted by Crippen LogP contribution is -2.43. The van der Waals surface area contributed by atoms with Gasteiger partial charge in [0.25, 0.3) is 0 Å². The van der Waals surface area contributed by atoms with E-state index in [2.05, 4.69) is 16.8 Å². The molecule has 1 aromatic heterocycles. The highest BCUT2D eigenvalue weighted by atomic mass is 32.1. The molecule has 2 rings (SSSR count). The van der Waals surface area contributed by atoms with Gasteiger partial charge in [-0.15, -0.1) is 0 Å². The summed E-state index contributed by atoms with van der Waals surface area (Å²) in [6.45, 7) is 5.22. The molecule has 0 spiro atoms. The van der Waals surface area contributed by atoms with Gasteiger partial charge >= 0.3 is 0 Å². The first-order valence-corrected chi connectivity index (χ1v) is 7.01. The second kappa shape index (κ2) is 6.41. The SMILES string of the molecule is COC1CN(Cc2ccnc(C(N)=S)c2)CCC1C. The third-order valence-corrected chi connectivity index (χ3v) is 3.97. The number of hydrogen-bond acceptors (Lipinski definition) is 4. The van der Waals surface area contributed by atoms with E-state index in [0.717, 1.165) is 19.6 Å². The first-order valence-electron chi connectivity index (χ1n) is 6.60. The van der Waals surface area contributed by atoms with E-state index in [1.165, 1.54) is 12.0 Å². The van der Waals surface area contributed by atoms with Crippen molar-refractivity contribution < 1.29 is 4.74 Å². The molecule has 0 aliphatic carbocycles. The molecule has 19 heavy (non-hydrogen) atoms. The van der Waals surface area contributed by atoms with Crippen molar-refractivity contribution >= 4 is 17.2 Å². The summed E-state index contributed by atoms with van der Waals surface area (Å²) in [5.41, 5.74) is 7.50. The van der Waals surface area contributed by atoms with E-state index in [-0.39, 0.29) is 0 Å². The van der Waals surface area contributed by atoms with E-state index in [9.17, 15) is 0 Å². The molecule has 2 heterocycles. The van der Waals surface area contributed by atoms with Crippen LogP contribution < -0.4 is 5.73 Å². The minimum Gasteiger partial charge on any atom is -0.388 e. The van der Waals surface area contributed by atoms with Gasteiger partial charge in [0, 0.05) is 26.4 Å². The van der Waals surface area contributed by atoms with Crippen LogP contribution in [0.15, 0.2) is 18.3 Å². The Kier molecular flexibility index (Phi) is 4.85. The van der Waals surface area contributed by atoms with Crippen molar-refractivity contribution in [3.63, 3.8) is 0 Å². The molecule has 0 aromatic carbocycles. The molecule has 0 radical (unpaired) electrons. The standard InChI is InChI=1S/C14H21N3OS/c1-10-4-6-17(9-13(10)18-2)8-11-3-5-16-12(7-11)14(15)19/h3,5,7,10,13H,4,6,8-9H2,1-2H3,(H2,15,19). The smallest absolute Gasteiger partial charge is 0.122 e. The van der Waals surface area contributed by atoms with Crippen molar-refractivity contribution in [1.82, 2.24) is 9.88 Å². The predicted molar refractivity (Wildman–Crippen MR) is 80.0 cm³/mol. The number of piperidine rings is 1. The third-order valence-electron chi connectivity index (χ3n) is 3.76. The number of pyridine rings is 1. The molecule has 104 valence electrons. The summed E-state index contributed by atoms with van der Waals surface area (Å²) in [7, 11) is 1.79. The Morgan fingerprint density at radius 3 is 3.11 bits per heavy atom. The van der Waals surface area contributed by atoms with Gasteiger partial charge in [0.05, 0.1) is 11.8 Å². The van der Waals surface area contributed by atoms with Crippen LogP contribution in [0, 0.1) is 5.92 Å². The summed E-state index contributed by atoms with van der Waals surface area (Å²) in [6.07, 6.45) is 3.27. The molecular formula is C14H21N3OS. The monoisotopic (exact) mass is 279 g/mol. The van der Waals surface area contributed by atoms with Crippen LogP contribution in [0.1, 0.15) is 24.6 Å². The molecule has 1 saturated heterocycles. The first kappa shape index (κ1) is 14.4. The lowest BCUT2D eigenvalue weighted by atomic mass is 9.95. The van der Waals surface area contributed by atoms with Gasteiger partial charge in [-0.05, 0) is 36.6 Å². The van der Waals surface area contributed by atoms with Crippen molar-refractivity contribution in [1.29, 1.82) is 0 Å². The number of nitrogens with zero attached hydrogens (tertiary/aromatic N) is 2. The summed E-state index contributed by atoms with van der Waals surface area (Å²) in [5.74, 6) is 0.630. The molecule has 5 heteroatoms. The highest BCUT2D eigenvalue weighted by Crippen LogP contribution is 2.21. The number of hydrogen-bond donors (Lipinski definition) is 1. The van der Waals surface area contributed by atoms with Gasteiger partial charge in [0.1, 0.15) is 4.99 Å². The summed E-state index contributed by atoms with van der Waals surface area (Å²) < 4.78 is 5.54. The van der Waals surface area contributed by atoms with Gasteiger partial charge in [0.15, 0.2) is 0 Å². The minimum atomic E-state index is 0.325. The quantitative estimate of drug-likeness (QED) is 0.848. The highest BCUT2D eigenvalue weighted by molar-refractivity contribution is 7.80. The molecule has 0 bridgehead atoms. The second-order valence-corrected chi connectivity index (χ2v) is 5.63. The molecule has 1 aliphatic heterocycles. The topological polar surface area (TPSA) is 51.4 Å². The molecule has 1 fully saturated rings. The zero-order valence-corrected chi connectivity index (χ0v) is 12.3. The van der Waals surface area contributed by atoms with E-state index >= 15 is 0 Å². The number of methoxy groups -OCH3 is 1. The molecule has 1 aliphatic rings. The zero-order chi connectivity index (χ0) is 13.8. The Morgan fingerprint density at radius 1 is 1.63 bits per heavy atom. The fourth-order valence-electron chi connectivity index (χ4n) is 2.51. The summed E-state index contributed by atoms with van der Waals surface area (Å²) >= 11 is 4.96. The van der Waals surface area contributed by atoms with E-state index in [1.807, 2.05) is 12.1 Å². The number of rotatable bonds is 4. The second-order valence-electron chi connectivity index (χ2n) is 5.19. The Labute approximate surface area is 120 Å². The van der Waals surface area contributed by atoms with E-state index in [1.54, 1.807) is 13.3 Å². The normalized spacial score (nSPS) is 24.3. The third kappa shape index (κ3) is 3.72. The van der Waals surface area contributed by atoms with E-state index in [0.29, 0.717) is 22.7 Å². The van der Waals surface area contributed by atoms with Crippen LogP contribution in [0.25, 0.3) is 0 Å². The Morgan fingerprint density at radius 2 is 2.42 bits per heavy atom. The van der Waals surface area contributed by atoms with Gasteiger partial charge in [-0.25, -0.2) is 0 Å². The lowest BCUT2D eigenvalue weighted by molar-refractivity contribution is -0.00745. The van der Waals surface area contributed by atoms with Crippen LogP contribution in [-0.2, 0) is 11.3 Å². The number of thiocarbonyl (C=S) groups is 1. The Bertz CT molecular complexity index is 452. The molecule has 4 nitrogen and oxygen atoms in total. The van der Waals surface area contributed by atoms with Crippen LogP contribution in [0.2, 0.25) is 0 Å². The largest absolute Gasteiger partial charge is 0.388 e. The van der Waals surface area contributed by atoms with Crippen molar-refractivity contribution in [3.05, 3.63) is 29.6 Å². The fourth-order valence-corrected chi connectivity index (χ4v) is 2.63. The van der Waals surface area contributed by atoms with Gasteiger partial charge in [-0.3, -0.25) is 9.88 Å². The van der Waals surface area contributed by atoms with Crippen LogP contribution in [0.5, 0.6) is 0 Å². The maximum atomic E-state index is 5.61. The van der Waals surface area contributed by atoms with Crippen molar-refractivity contribution in [2.75, 3.05) is 20.2 Å². The fraction of sp³-hybridized carbons (Fsp3) is 0.571. The molecule has 2 unspecified atom stereocenters. The van der Waals surface area contributed by atoms with Crippen LogP contribution >= 0.6 is 12.2 Å². The molecule has 0 amide bonds. The molecule has 0 saturated carbocycles. The first-order chi connectivity index (χ1) is 9.10. The van der Waals surface area contributed by atoms with Crippen LogP contribution in [-0.4, -0.2) is 41.2 Å². The average Bonchev–Trinajstić information content (AvgIpc) is 2.41. The van der Waals surface area contributed by atoms with Gasteiger partial charge < -0.3 is 10.5 Å². The Balaban J connectivity index is 2.01. The number of ether oxygens (including phenoxy) is 1. The van der Waals surface area contributed by atoms with Gasteiger partial charge in [0.2, 0.25) is 0 Å². The van der Waals surface area contributed by atoms with Crippen molar-refractivity contribution in [3.8, 4) is 0 Å². The van der Waals surface area contributed by atoms with Gasteiger partial charge in [-0.1, -0.05) is 19.1 Å². The number of likely N-dealkylation sites (tertiary alicyclic amines) is 1. The van der Waals surface area contributed by atoms with Crippen molar-refractivity contribution in [2.45, 2.75) is 26.0 Å². The number of nitrogens with two attached hydrogens (primary N) is 1. The van der Waals surface area contributed by atoms with E-state index < -0.39 is 0 Å². The highest BCUT2D eigenvalue weighted by Gasteiger charge is 2.25. The summed E-state index contributed by atoms with van der Waals surface area (Å²) in [6, 6.07) is 3.99. The number of aromatic nitrogens is 1. The van der Waals surface area contributed by atoms with Crippen molar-refractivity contribution in [2.24, 2.45) is 11.7 Å². The molecule has 2 atom stereocenters. The maximum Gasteiger partial charge on any atom is 0.122 e. The molecular weight excluding hydrogens is 258 g/mol. The minimum absolute atomic E-state index is 0.325. The summed E-state index contributed by atoms with van der Waals surface area (Å²) in [4.78, 5) is 6.93. The van der Waals surface area contributed by atoms with Gasteiger partial charge in [-0.2, -0.15) is 0 Å². The summed E-state index contributed by atoms with van der Waals surface area (Å²) in [5, 5.41) is 0. The average molecular weight is 279 g/mol. The Hall–Kier alpha value is -1.04. The molecule has 1 aromatic rings.